The Balaban J connectivity index is 0.00000208. The van der Waals surface area contributed by atoms with Crippen LogP contribution in [0.2, 0.25) is 0 Å². The first kappa shape index (κ1) is 35.0. The van der Waals surface area contributed by atoms with Gasteiger partial charge in [-0.25, -0.2) is 0 Å². The molecular formula is C34H52N2O2. The SMILES string of the molecule is CC#N.CC#N.CC(C)(C)c1cc(CCc2cc(C(C)(C)C)cc(C(C)(C)C)c2O)c(O)c(C(C)(C)C)c1. The number of benzene rings is 2. The van der Waals surface area contributed by atoms with Crippen molar-refractivity contribution in [2.75, 3.05) is 0 Å². The quantitative estimate of drug-likeness (QED) is 0.422. The van der Waals surface area contributed by atoms with Crippen LogP contribution in [0.1, 0.15) is 130 Å². The summed E-state index contributed by atoms with van der Waals surface area (Å²) in [5, 5.41) is 37.0. The van der Waals surface area contributed by atoms with Gasteiger partial charge in [-0.05, 0) is 67.9 Å². The molecule has 0 bridgehead atoms. The molecule has 2 aromatic rings. The summed E-state index contributed by atoms with van der Waals surface area (Å²) >= 11 is 0. The topological polar surface area (TPSA) is 88.0 Å². The van der Waals surface area contributed by atoms with Crippen molar-refractivity contribution < 1.29 is 10.2 Å². The van der Waals surface area contributed by atoms with E-state index in [1.54, 1.807) is 12.1 Å². The molecule has 0 unspecified atom stereocenters. The van der Waals surface area contributed by atoms with Crippen LogP contribution >= 0.6 is 0 Å². The second-order valence-corrected chi connectivity index (χ2v) is 14.0. The first-order valence-electron chi connectivity index (χ1n) is 13.4. The van der Waals surface area contributed by atoms with Crippen molar-refractivity contribution in [1.29, 1.82) is 10.5 Å². The van der Waals surface area contributed by atoms with Crippen LogP contribution in [0.15, 0.2) is 24.3 Å². The molecule has 2 aromatic carbocycles. The third-order valence-corrected chi connectivity index (χ3v) is 6.39. The molecule has 38 heavy (non-hydrogen) atoms. The zero-order chi connectivity index (χ0) is 30.3. The average Bonchev–Trinajstić information content (AvgIpc) is 2.71. The van der Waals surface area contributed by atoms with Crippen LogP contribution < -0.4 is 0 Å². The Labute approximate surface area is 233 Å². The molecule has 0 spiro atoms. The summed E-state index contributed by atoms with van der Waals surface area (Å²) in [5.74, 6) is 0.793. The smallest absolute Gasteiger partial charge is 0.122 e. The molecule has 0 saturated carbocycles. The molecular weight excluding hydrogens is 468 g/mol. The Morgan fingerprint density at radius 2 is 0.763 bits per heavy atom. The first-order valence-corrected chi connectivity index (χ1v) is 13.4. The normalized spacial score (nSPS) is 11.8. The van der Waals surface area contributed by atoms with Crippen LogP contribution in [-0.4, -0.2) is 10.2 Å². The Bertz CT molecular complexity index is 1060. The van der Waals surface area contributed by atoms with E-state index in [0.717, 1.165) is 22.3 Å². The van der Waals surface area contributed by atoms with Gasteiger partial charge in [0, 0.05) is 13.8 Å². The number of aryl methyl sites for hydroxylation is 2. The number of aromatic hydroxyl groups is 2. The minimum Gasteiger partial charge on any atom is -0.507 e. The molecule has 2 N–H and O–H groups in total. The van der Waals surface area contributed by atoms with E-state index in [2.05, 4.69) is 107 Å². The van der Waals surface area contributed by atoms with Gasteiger partial charge in [0.25, 0.3) is 0 Å². The number of nitriles is 2. The first-order chi connectivity index (χ1) is 17.1. The highest BCUT2D eigenvalue weighted by atomic mass is 16.3. The number of phenols is 2. The largest absolute Gasteiger partial charge is 0.507 e. The van der Waals surface area contributed by atoms with Gasteiger partial charge < -0.3 is 10.2 Å². The monoisotopic (exact) mass is 520 g/mol. The molecule has 0 saturated heterocycles. The van der Waals surface area contributed by atoms with E-state index in [0.29, 0.717) is 24.3 Å². The zero-order valence-corrected chi connectivity index (χ0v) is 26.5. The van der Waals surface area contributed by atoms with Gasteiger partial charge in [-0.2, -0.15) is 10.5 Å². The van der Waals surface area contributed by atoms with Gasteiger partial charge in [-0.3, -0.25) is 0 Å². The average molecular weight is 521 g/mol. The van der Waals surface area contributed by atoms with Crippen molar-refractivity contribution in [1.82, 2.24) is 0 Å². The van der Waals surface area contributed by atoms with Gasteiger partial charge in [0.1, 0.15) is 11.5 Å². The molecule has 0 fully saturated rings. The standard InChI is InChI=1S/C30H46O2.2C2H3N/c1-27(2,3)21-15-19(25(31)23(17-21)29(7,8)9)13-14-20-16-22(28(4,5)6)18-24(26(20)32)30(10,11)12;2*1-2-3/h15-18,31-32H,13-14H2,1-12H3;2*1H3. The van der Waals surface area contributed by atoms with E-state index < -0.39 is 0 Å². The van der Waals surface area contributed by atoms with Gasteiger partial charge in [-0.1, -0.05) is 107 Å². The summed E-state index contributed by atoms with van der Waals surface area (Å²) in [6, 6.07) is 12.1. The second-order valence-electron chi connectivity index (χ2n) is 14.0. The lowest BCUT2D eigenvalue weighted by atomic mass is 9.77. The van der Waals surface area contributed by atoms with Gasteiger partial charge in [0.15, 0.2) is 0 Å². The lowest BCUT2D eigenvalue weighted by Crippen LogP contribution is -2.18. The minimum atomic E-state index is -0.145. The summed E-state index contributed by atoms with van der Waals surface area (Å²) in [6.07, 6.45) is 1.37. The summed E-state index contributed by atoms with van der Waals surface area (Å²) in [4.78, 5) is 0. The molecule has 0 amide bonds. The molecule has 0 heterocycles. The zero-order valence-electron chi connectivity index (χ0n) is 26.5. The Hall–Kier alpha value is -2.98. The lowest BCUT2D eigenvalue weighted by Gasteiger charge is -2.28. The van der Waals surface area contributed by atoms with Crippen LogP contribution in [0.5, 0.6) is 11.5 Å². The van der Waals surface area contributed by atoms with Crippen molar-refractivity contribution in [3.63, 3.8) is 0 Å². The second kappa shape index (κ2) is 13.2. The van der Waals surface area contributed by atoms with Crippen LogP contribution in [0, 0.1) is 22.7 Å². The molecule has 0 aromatic heterocycles. The number of nitrogens with zero attached hydrogens (tertiary/aromatic N) is 2. The molecule has 0 atom stereocenters. The fourth-order valence-electron chi connectivity index (χ4n) is 4.05. The third kappa shape index (κ3) is 10.1. The number of rotatable bonds is 3. The summed E-state index contributed by atoms with van der Waals surface area (Å²) in [5.41, 5.74) is 6.07. The highest BCUT2D eigenvalue weighted by molar-refractivity contribution is 5.51. The van der Waals surface area contributed by atoms with Gasteiger partial charge in [0.05, 0.1) is 12.1 Å². The molecule has 2 rings (SSSR count). The molecule has 0 aliphatic rings. The van der Waals surface area contributed by atoms with Gasteiger partial charge in [0.2, 0.25) is 0 Å². The van der Waals surface area contributed by atoms with Crippen LogP contribution in [0.3, 0.4) is 0 Å². The predicted octanol–water partition coefficient (Wildman–Crippen LogP) is 9.13. The van der Waals surface area contributed by atoms with Crippen molar-refractivity contribution in [3.05, 3.63) is 57.6 Å². The van der Waals surface area contributed by atoms with Crippen molar-refractivity contribution in [2.24, 2.45) is 0 Å². The van der Waals surface area contributed by atoms with E-state index in [1.165, 1.54) is 25.0 Å². The van der Waals surface area contributed by atoms with E-state index in [-0.39, 0.29) is 21.7 Å². The molecule has 0 aliphatic heterocycles. The highest BCUT2D eigenvalue weighted by Crippen LogP contribution is 2.40. The van der Waals surface area contributed by atoms with Crippen molar-refractivity contribution in [3.8, 4) is 23.6 Å². The number of hydrogen-bond donors (Lipinski definition) is 2. The number of phenolic OH excluding ortho intramolecular Hbond substituents is 2. The molecule has 0 radical (unpaired) electrons. The van der Waals surface area contributed by atoms with Gasteiger partial charge in [-0.15, -0.1) is 0 Å². The number of hydrogen-bond acceptors (Lipinski definition) is 4. The van der Waals surface area contributed by atoms with E-state index in [1.807, 2.05) is 0 Å². The molecule has 4 heteroatoms. The summed E-state index contributed by atoms with van der Waals surface area (Å²) < 4.78 is 0. The Morgan fingerprint density at radius 1 is 0.526 bits per heavy atom. The molecule has 0 aliphatic carbocycles. The molecule has 4 nitrogen and oxygen atoms in total. The van der Waals surface area contributed by atoms with Crippen LogP contribution in [0.25, 0.3) is 0 Å². The Morgan fingerprint density at radius 3 is 0.947 bits per heavy atom. The maximum atomic E-state index is 11.2. The maximum absolute atomic E-state index is 11.2. The van der Waals surface area contributed by atoms with Crippen molar-refractivity contribution in [2.45, 2.75) is 131 Å². The van der Waals surface area contributed by atoms with Crippen LogP contribution in [0.4, 0.5) is 0 Å². The fraction of sp³-hybridized carbons (Fsp3) is 0.588. The highest BCUT2D eigenvalue weighted by Gasteiger charge is 2.27. The summed E-state index contributed by atoms with van der Waals surface area (Å²) in [7, 11) is 0. The third-order valence-electron chi connectivity index (χ3n) is 6.39. The van der Waals surface area contributed by atoms with E-state index in [9.17, 15) is 10.2 Å². The summed E-state index contributed by atoms with van der Waals surface area (Å²) in [6.45, 7) is 29.0. The maximum Gasteiger partial charge on any atom is 0.122 e. The van der Waals surface area contributed by atoms with E-state index >= 15 is 0 Å². The Kier molecular flexibility index (Phi) is 12.2. The molecule has 210 valence electrons. The lowest BCUT2D eigenvalue weighted by molar-refractivity contribution is 0.432. The predicted molar refractivity (Wildman–Crippen MR) is 161 cm³/mol. The van der Waals surface area contributed by atoms with Gasteiger partial charge >= 0.3 is 0 Å². The fourth-order valence-corrected chi connectivity index (χ4v) is 4.05. The van der Waals surface area contributed by atoms with Crippen molar-refractivity contribution >= 4 is 0 Å². The van der Waals surface area contributed by atoms with Crippen LogP contribution in [-0.2, 0) is 34.5 Å². The van der Waals surface area contributed by atoms with E-state index in [4.69, 9.17) is 10.5 Å². The minimum absolute atomic E-state index is 0.00382.